The van der Waals surface area contributed by atoms with Gasteiger partial charge in [0.2, 0.25) is 10.0 Å². The molecule has 0 radical (unpaired) electrons. The Hall–Kier alpha value is -1.65. The molecule has 1 amide bonds. The van der Waals surface area contributed by atoms with Gasteiger partial charge in [-0.15, -0.1) is 0 Å². The smallest absolute Gasteiger partial charge is 0.258 e. The molecule has 1 atom stereocenters. The molecular weight excluding hydrogens is 496 g/mol. The Bertz CT molecular complexity index is 1010. The van der Waals surface area contributed by atoms with Gasteiger partial charge in [-0.05, 0) is 42.8 Å². The summed E-state index contributed by atoms with van der Waals surface area (Å²) in [5, 5.41) is 3.11. The summed E-state index contributed by atoms with van der Waals surface area (Å²) in [6, 6.07) is 11.7. The summed E-state index contributed by atoms with van der Waals surface area (Å²) in [4.78, 5) is 12.3. The number of morpholine rings is 1. The third-order valence-electron chi connectivity index (χ3n) is 4.58. The molecule has 1 aliphatic rings. The van der Waals surface area contributed by atoms with Gasteiger partial charge in [0.1, 0.15) is 10.6 Å². The highest BCUT2D eigenvalue weighted by Gasteiger charge is 2.30. The van der Waals surface area contributed by atoms with Crippen molar-refractivity contribution in [1.82, 2.24) is 9.62 Å². The van der Waals surface area contributed by atoms with E-state index in [4.69, 9.17) is 21.1 Å². The third-order valence-corrected chi connectivity index (χ3v) is 7.23. The van der Waals surface area contributed by atoms with Gasteiger partial charge in [-0.25, -0.2) is 8.42 Å². The predicted octanol–water partition coefficient (Wildman–Crippen LogP) is 3.38. The largest absolute Gasteiger partial charge is 0.482 e. The maximum Gasteiger partial charge on any atom is 0.258 e. The van der Waals surface area contributed by atoms with Crippen LogP contribution in [0.2, 0.25) is 5.02 Å². The van der Waals surface area contributed by atoms with Crippen molar-refractivity contribution < 1.29 is 22.7 Å². The van der Waals surface area contributed by atoms with E-state index in [-0.39, 0.29) is 47.3 Å². The van der Waals surface area contributed by atoms with Gasteiger partial charge in [-0.2, -0.15) is 4.31 Å². The van der Waals surface area contributed by atoms with Crippen molar-refractivity contribution in [3.63, 3.8) is 0 Å². The topological polar surface area (TPSA) is 84.9 Å². The number of carbonyl (C=O) groups excluding carboxylic acids is 1. The molecule has 1 heterocycles. The molecule has 0 bridgehead atoms. The highest BCUT2D eigenvalue weighted by atomic mass is 79.9. The Morgan fingerprint density at radius 1 is 1.27 bits per heavy atom. The van der Waals surface area contributed by atoms with E-state index in [9.17, 15) is 13.2 Å². The van der Waals surface area contributed by atoms with Crippen molar-refractivity contribution in [2.45, 2.75) is 17.9 Å². The molecule has 1 saturated heterocycles. The normalized spacial score (nSPS) is 16.1. The lowest BCUT2D eigenvalue weighted by Crippen LogP contribution is -2.40. The fourth-order valence-corrected chi connectivity index (χ4v) is 5.23. The summed E-state index contributed by atoms with van der Waals surface area (Å²) in [6.07, 6.45) is 0. The van der Waals surface area contributed by atoms with Crippen molar-refractivity contribution in [3.05, 3.63) is 57.5 Å². The average Bonchev–Trinajstić information content (AvgIpc) is 2.73. The molecule has 162 valence electrons. The van der Waals surface area contributed by atoms with Crippen LogP contribution in [-0.2, 0) is 19.6 Å². The van der Waals surface area contributed by atoms with Crippen LogP contribution in [0.25, 0.3) is 0 Å². The molecule has 1 fully saturated rings. The molecule has 7 nitrogen and oxygen atoms in total. The molecule has 0 saturated carbocycles. The summed E-state index contributed by atoms with van der Waals surface area (Å²) in [5.41, 5.74) is 0.930. The highest BCUT2D eigenvalue weighted by Crippen LogP contribution is 2.30. The average molecular weight is 518 g/mol. The van der Waals surface area contributed by atoms with E-state index in [0.29, 0.717) is 13.2 Å². The van der Waals surface area contributed by atoms with Gasteiger partial charge < -0.3 is 14.8 Å². The van der Waals surface area contributed by atoms with Crippen molar-refractivity contribution >= 4 is 43.5 Å². The maximum absolute atomic E-state index is 13.0. The fraction of sp³-hybridized carbons (Fsp3) is 0.350. The third kappa shape index (κ3) is 5.73. The molecule has 0 aromatic heterocycles. The zero-order chi connectivity index (χ0) is 21.7. The van der Waals surface area contributed by atoms with Crippen LogP contribution in [0.4, 0.5) is 0 Å². The minimum absolute atomic E-state index is 0.0651. The molecule has 30 heavy (non-hydrogen) atoms. The number of nitrogens with one attached hydrogen (secondary N) is 1. The molecule has 1 aliphatic heterocycles. The second-order valence-corrected chi connectivity index (χ2v) is 10.00. The van der Waals surface area contributed by atoms with Crippen molar-refractivity contribution in [3.8, 4) is 5.75 Å². The van der Waals surface area contributed by atoms with Gasteiger partial charge >= 0.3 is 0 Å². The number of hydrogen-bond acceptors (Lipinski definition) is 5. The lowest BCUT2D eigenvalue weighted by molar-refractivity contribution is -0.123. The summed E-state index contributed by atoms with van der Waals surface area (Å²) in [6.45, 7) is 2.68. The standard InChI is InChI=1S/C20H22BrClN2O5S/c1-14(15-3-2-4-16(21)11-15)23-20(25)13-29-18-6-5-17(22)12-19(18)30(26,27)24-7-9-28-10-8-24/h2-6,11-12,14H,7-10,13H2,1H3,(H,23,25)/t14-/m0/s1. The molecule has 10 heteroatoms. The highest BCUT2D eigenvalue weighted by molar-refractivity contribution is 9.10. The maximum atomic E-state index is 13.0. The van der Waals surface area contributed by atoms with Crippen LogP contribution in [0.15, 0.2) is 51.8 Å². The van der Waals surface area contributed by atoms with Gasteiger partial charge in [0.15, 0.2) is 6.61 Å². The molecule has 0 aliphatic carbocycles. The van der Waals surface area contributed by atoms with Crippen molar-refractivity contribution in [1.29, 1.82) is 0 Å². The molecule has 0 unspecified atom stereocenters. The van der Waals surface area contributed by atoms with Crippen molar-refractivity contribution in [2.75, 3.05) is 32.9 Å². The Kier molecular flexibility index (Phi) is 7.75. The van der Waals surface area contributed by atoms with Crippen LogP contribution in [0.5, 0.6) is 5.75 Å². The van der Waals surface area contributed by atoms with Gasteiger partial charge in [0, 0.05) is 22.6 Å². The fourth-order valence-electron chi connectivity index (χ4n) is 3.01. The number of amides is 1. The first-order valence-electron chi connectivity index (χ1n) is 9.32. The molecule has 3 rings (SSSR count). The second-order valence-electron chi connectivity index (χ2n) is 6.74. The summed E-state index contributed by atoms with van der Waals surface area (Å²) < 4.78 is 39.1. The van der Waals surface area contributed by atoms with E-state index >= 15 is 0 Å². The van der Waals surface area contributed by atoms with Gasteiger partial charge in [0.25, 0.3) is 5.91 Å². The first-order chi connectivity index (χ1) is 14.3. The van der Waals surface area contributed by atoms with Crippen LogP contribution < -0.4 is 10.1 Å². The molecule has 0 spiro atoms. The van der Waals surface area contributed by atoms with E-state index in [1.165, 1.54) is 22.5 Å². The number of sulfonamides is 1. The predicted molar refractivity (Wildman–Crippen MR) is 117 cm³/mol. The zero-order valence-electron chi connectivity index (χ0n) is 16.3. The van der Waals surface area contributed by atoms with E-state index in [1.54, 1.807) is 0 Å². The van der Waals surface area contributed by atoms with Crippen LogP contribution in [0.1, 0.15) is 18.5 Å². The monoisotopic (exact) mass is 516 g/mol. The summed E-state index contributed by atoms with van der Waals surface area (Å²) in [7, 11) is -3.83. The van der Waals surface area contributed by atoms with E-state index in [0.717, 1.165) is 10.0 Å². The Morgan fingerprint density at radius 3 is 2.70 bits per heavy atom. The van der Waals surface area contributed by atoms with Gasteiger partial charge in [0.05, 0.1) is 19.3 Å². The number of ether oxygens (including phenoxy) is 2. The number of hydrogen-bond donors (Lipinski definition) is 1. The lowest BCUT2D eigenvalue weighted by Gasteiger charge is -2.27. The van der Waals surface area contributed by atoms with E-state index < -0.39 is 10.0 Å². The van der Waals surface area contributed by atoms with Crippen LogP contribution in [-0.4, -0.2) is 51.5 Å². The summed E-state index contributed by atoms with van der Waals surface area (Å²) in [5.74, 6) is -0.289. The SMILES string of the molecule is C[C@H](NC(=O)COc1ccc(Cl)cc1S(=O)(=O)N1CCOCC1)c1cccc(Br)c1. The Balaban J connectivity index is 1.70. The molecule has 2 aromatic rings. The van der Waals surface area contributed by atoms with Crippen LogP contribution >= 0.6 is 27.5 Å². The molecule has 2 aromatic carbocycles. The number of halogens is 2. The van der Waals surface area contributed by atoms with Crippen LogP contribution in [0, 0.1) is 0 Å². The van der Waals surface area contributed by atoms with E-state index in [2.05, 4.69) is 21.2 Å². The van der Waals surface area contributed by atoms with Crippen molar-refractivity contribution in [2.24, 2.45) is 0 Å². The summed E-state index contributed by atoms with van der Waals surface area (Å²) >= 11 is 9.43. The second kappa shape index (κ2) is 10.1. The van der Waals surface area contributed by atoms with Gasteiger partial charge in [-0.3, -0.25) is 4.79 Å². The molecule has 1 N–H and O–H groups in total. The first kappa shape index (κ1) is 23.0. The Labute approximate surface area is 189 Å². The number of nitrogens with zero attached hydrogens (tertiary/aromatic N) is 1. The zero-order valence-corrected chi connectivity index (χ0v) is 19.5. The number of benzene rings is 2. The number of carbonyl (C=O) groups is 1. The quantitative estimate of drug-likeness (QED) is 0.609. The number of rotatable bonds is 7. The van der Waals surface area contributed by atoms with Crippen LogP contribution in [0.3, 0.4) is 0 Å². The molecular formula is C20H22BrClN2O5S. The first-order valence-corrected chi connectivity index (χ1v) is 11.9. The van der Waals surface area contributed by atoms with E-state index in [1.807, 2.05) is 31.2 Å². The Morgan fingerprint density at radius 2 is 2.00 bits per heavy atom. The minimum atomic E-state index is -3.83. The minimum Gasteiger partial charge on any atom is -0.482 e. The van der Waals surface area contributed by atoms with Gasteiger partial charge in [-0.1, -0.05) is 39.7 Å². The lowest BCUT2D eigenvalue weighted by atomic mass is 10.1.